The number of hydrogen-bond donors (Lipinski definition) is 2. The standard InChI is InChI=1S/C7H9NS.ClH.2H3N/c1-2-4-7-6(3-1)8-5-9-7;;;/h5H,1-4H2;1H;2*1H3. The van der Waals surface area contributed by atoms with Gasteiger partial charge < -0.3 is 12.3 Å². The highest BCUT2D eigenvalue weighted by atomic mass is 35.5. The number of halogens is 1. The molecule has 1 aliphatic carbocycles. The summed E-state index contributed by atoms with van der Waals surface area (Å²) in [6.45, 7) is 0. The van der Waals surface area contributed by atoms with Crippen LogP contribution in [-0.4, -0.2) is 4.98 Å². The monoisotopic (exact) mass is 209 g/mol. The molecule has 12 heavy (non-hydrogen) atoms. The summed E-state index contributed by atoms with van der Waals surface area (Å²) in [6.07, 6.45) is 5.21. The highest BCUT2D eigenvalue weighted by Crippen LogP contribution is 2.22. The average molecular weight is 210 g/mol. The van der Waals surface area contributed by atoms with E-state index in [9.17, 15) is 0 Å². The molecule has 0 bridgehead atoms. The highest BCUT2D eigenvalue weighted by molar-refractivity contribution is 7.09. The van der Waals surface area contributed by atoms with Crippen LogP contribution < -0.4 is 12.3 Å². The molecule has 0 spiro atoms. The third-order valence-electron chi connectivity index (χ3n) is 1.79. The molecule has 0 aliphatic heterocycles. The number of nitrogens with zero attached hydrogens (tertiary/aromatic N) is 1. The minimum absolute atomic E-state index is 0. The molecule has 2 rings (SSSR count). The Morgan fingerprint density at radius 1 is 1.17 bits per heavy atom. The Bertz CT molecular complexity index is 194. The van der Waals surface area contributed by atoms with E-state index in [1.54, 1.807) is 0 Å². The third kappa shape index (κ3) is 2.71. The van der Waals surface area contributed by atoms with E-state index in [1.165, 1.54) is 36.3 Å². The predicted molar refractivity (Wildman–Crippen MR) is 56.0 cm³/mol. The second-order valence-electron chi connectivity index (χ2n) is 2.43. The molecule has 1 aromatic rings. The summed E-state index contributed by atoms with van der Waals surface area (Å²) in [5.41, 5.74) is 3.34. The van der Waals surface area contributed by atoms with E-state index < -0.39 is 0 Å². The summed E-state index contributed by atoms with van der Waals surface area (Å²) in [7, 11) is 0. The molecule has 0 aromatic carbocycles. The number of aryl methyl sites for hydroxylation is 2. The molecular formula is C7H16ClN3S. The van der Waals surface area contributed by atoms with Crippen molar-refractivity contribution in [3.8, 4) is 0 Å². The molecule has 1 heterocycles. The number of thiazole rings is 1. The van der Waals surface area contributed by atoms with Gasteiger partial charge in [-0.3, -0.25) is 0 Å². The molecule has 0 saturated heterocycles. The molecule has 1 aliphatic rings. The molecule has 0 radical (unpaired) electrons. The summed E-state index contributed by atoms with van der Waals surface area (Å²) in [5.74, 6) is 0. The van der Waals surface area contributed by atoms with Crippen molar-refractivity contribution >= 4 is 23.7 Å². The first-order chi connectivity index (χ1) is 4.47. The third-order valence-corrected chi connectivity index (χ3v) is 2.73. The quantitative estimate of drug-likeness (QED) is 0.689. The van der Waals surface area contributed by atoms with E-state index in [0.29, 0.717) is 0 Å². The summed E-state index contributed by atoms with van der Waals surface area (Å²) in [5, 5.41) is 0. The van der Waals surface area contributed by atoms with E-state index in [4.69, 9.17) is 0 Å². The zero-order valence-electron chi connectivity index (χ0n) is 7.08. The van der Waals surface area contributed by atoms with Crippen molar-refractivity contribution in [2.75, 3.05) is 0 Å². The van der Waals surface area contributed by atoms with Gasteiger partial charge in [0.2, 0.25) is 0 Å². The van der Waals surface area contributed by atoms with Gasteiger partial charge in [0.1, 0.15) is 0 Å². The van der Waals surface area contributed by atoms with Crippen molar-refractivity contribution < 1.29 is 0 Å². The smallest absolute Gasteiger partial charge is 0.0797 e. The first-order valence-corrected chi connectivity index (χ1v) is 4.26. The SMILES string of the molecule is Cl.N.N.c1nc2c(s1)CCCC2. The first-order valence-electron chi connectivity index (χ1n) is 3.38. The Hall–Kier alpha value is -0.160. The van der Waals surface area contributed by atoms with E-state index in [0.717, 1.165) is 0 Å². The van der Waals surface area contributed by atoms with Gasteiger partial charge in [-0.05, 0) is 25.7 Å². The number of hydrogen-bond acceptors (Lipinski definition) is 4. The van der Waals surface area contributed by atoms with Crippen molar-refractivity contribution in [1.29, 1.82) is 0 Å². The Balaban J connectivity index is 0. The normalized spacial score (nSPS) is 13.0. The van der Waals surface area contributed by atoms with Crippen LogP contribution in [0.25, 0.3) is 0 Å². The minimum atomic E-state index is 0. The first kappa shape index (κ1) is 14.4. The summed E-state index contributed by atoms with van der Waals surface area (Å²) in [4.78, 5) is 5.80. The van der Waals surface area contributed by atoms with Crippen LogP contribution in [-0.2, 0) is 12.8 Å². The Morgan fingerprint density at radius 2 is 1.83 bits per heavy atom. The van der Waals surface area contributed by atoms with Crippen LogP contribution in [0.2, 0.25) is 0 Å². The van der Waals surface area contributed by atoms with Crippen molar-refractivity contribution in [1.82, 2.24) is 17.3 Å². The molecule has 3 nitrogen and oxygen atoms in total. The Morgan fingerprint density at radius 3 is 2.50 bits per heavy atom. The van der Waals surface area contributed by atoms with Gasteiger partial charge in [0.25, 0.3) is 0 Å². The van der Waals surface area contributed by atoms with E-state index >= 15 is 0 Å². The predicted octanol–water partition coefficient (Wildman–Crippen LogP) is 2.77. The number of rotatable bonds is 0. The van der Waals surface area contributed by atoms with Crippen LogP contribution in [0.5, 0.6) is 0 Å². The molecular weight excluding hydrogens is 194 g/mol. The maximum atomic E-state index is 4.28. The Labute approximate surface area is 83.2 Å². The maximum Gasteiger partial charge on any atom is 0.0797 e. The van der Waals surface area contributed by atoms with E-state index in [-0.39, 0.29) is 24.7 Å². The second kappa shape index (κ2) is 6.37. The molecule has 72 valence electrons. The van der Waals surface area contributed by atoms with Gasteiger partial charge in [-0.15, -0.1) is 23.7 Å². The fraction of sp³-hybridized carbons (Fsp3) is 0.571. The lowest BCUT2D eigenvalue weighted by molar-refractivity contribution is 0.682. The van der Waals surface area contributed by atoms with Gasteiger partial charge in [-0.2, -0.15) is 0 Å². The van der Waals surface area contributed by atoms with Gasteiger partial charge in [0, 0.05) is 4.88 Å². The maximum absolute atomic E-state index is 4.28. The van der Waals surface area contributed by atoms with Gasteiger partial charge in [-0.1, -0.05) is 0 Å². The van der Waals surface area contributed by atoms with Crippen LogP contribution in [0.15, 0.2) is 5.51 Å². The van der Waals surface area contributed by atoms with Crippen LogP contribution in [0.1, 0.15) is 23.4 Å². The van der Waals surface area contributed by atoms with Crippen LogP contribution in [0.3, 0.4) is 0 Å². The molecule has 0 atom stereocenters. The highest BCUT2D eigenvalue weighted by Gasteiger charge is 2.09. The fourth-order valence-electron chi connectivity index (χ4n) is 1.28. The second-order valence-corrected chi connectivity index (χ2v) is 3.37. The minimum Gasteiger partial charge on any atom is -0.344 e. The summed E-state index contributed by atoms with van der Waals surface area (Å²) >= 11 is 1.81. The van der Waals surface area contributed by atoms with E-state index in [2.05, 4.69) is 4.98 Å². The molecule has 0 fully saturated rings. The zero-order chi connectivity index (χ0) is 6.10. The average Bonchev–Trinajstić information content (AvgIpc) is 2.33. The van der Waals surface area contributed by atoms with Gasteiger partial charge in [0.15, 0.2) is 0 Å². The van der Waals surface area contributed by atoms with Crippen LogP contribution in [0.4, 0.5) is 0 Å². The number of aromatic nitrogens is 1. The zero-order valence-corrected chi connectivity index (χ0v) is 8.72. The molecule has 1 aromatic heterocycles. The van der Waals surface area contributed by atoms with Gasteiger partial charge >= 0.3 is 0 Å². The van der Waals surface area contributed by atoms with Crippen molar-refractivity contribution in [2.24, 2.45) is 0 Å². The molecule has 5 heteroatoms. The lowest BCUT2D eigenvalue weighted by Crippen LogP contribution is -1.98. The molecule has 0 amide bonds. The summed E-state index contributed by atoms with van der Waals surface area (Å²) in [6, 6.07) is 0. The topological polar surface area (TPSA) is 82.9 Å². The van der Waals surface area contributed by atoms with Crippen molar-refractivity contribution in [3.63, 3.8) is 0 Å². The Kier molecular flexibility index (Phi) is 7.62. The van der Waals surface area contributed by atoms with Gasteiger partial charge in [0.05, 0.1) is 11.2 Å². The number of fused-ring (bicyclic) bond motifs is 1. The summed E-state index contributed by atoms with van der Waals surface area (Å²) < 4.78 is 0. The van der Waals surface area contributed by atoms with Gasteiger partial charge in [-0.25, -0.2) is 4.98 Å². The van der Waals surface area contributed by atoms with Crippen molar-refractivity contribution in [2.45, 2.75) is 25.7 Å². The molecule has 0 unspecified atom stereocenters. The molecule has 6 N–H and O–H groups in total. The lowest BCUT2D eigenvalue weighted by atomic mass is 10.0. The lowest BCUT2D eigenvalue weighted by Gasteiger charge is -2.06. The van der Waals surface area contributed by atoms with Crippen LogP contribution in [0, 0.1) is 0 Å². The molecule has 0 saturated carbocycles. The van der Waals surface area contributed by atoms with E-state index in [1.807, 2.05) is 16.8 Å². The van der Waals surface area contributed by atoms with Crippen LogP contribution >= 0.6 is 23.7 Å². The van der Waals surface area contributed by atoms with Crippen molar-refractivity contribution in [3.05, 3.63) is 16.1 Å². The fourth-order valence-corrected chi connectivity index (χ4v) is 2.14. The largest absolute Gasteiger partial charge is 0.344 e.